The molecule has 1 N–H and O–H groups in total. The molecule has 124 valence electrons. The molecule has 0 aliphatic heterocycles. The van der Waals surface area contributed by atoms with Crippen LogP contribution in [0.25, 0.3) is 0 Å². The van der Waals surface area contributed by atoms with Gasteiger partial charge in [-0.05, 0) is 41.7 Å². The first-order valence-electron chi connectivity index (χ1n) is 7.47. The van der Waals surface area contributed by atoms with Crippen molar-refractivity contribution in [2.24, 2.45) is 0 Å². The SMILES string of the molecule is COc1ccc(C(C)C)cc1CCNC(=O)c1ccncc1.Cl. The van der Waals surface area contributed by atoms with Crippen LogP contribution in [0.2, 0.25) is 0 Å². The Morgan fingerprint density at radius 2 is 1.91 bits per heavy atom. The number of halogens is 1. The second-order valence-corrected chi connectivity index (χ2v) is 5.47. The van der Waals surface area contributed by atoms with Crippen molar-refractivity contribution >= 4 is 18.3 Å². The van der Waals surface area contributed by atoms with E-state index in [4.69, 9.17) is 4.74 Å². The number of methoxy groups -OCH3 is 1. The van der Waals surface area contributed by atoms with Gasteiger partial charge in [0.1, 0.15) is 5.75 Å². The van der Waals surface area contributed by atoms with E-state index < -0.39 is 0 Å². The smallest absolute Gasteiger partial charge is 0.251 e. The first-order valence-corrected chi connectivity index (χ1v) is 7.47. The van der Waals surface area contributed by atoms with Crippen molar-refractivity contribution in [3.05, 3.63) is 59.4 Å². The van der Waals surface area contributed by atoms with Gasteiger partial charge < -0.3 is 10.1 Å². The molecule has 0 radical (unpaired) electrons. The van der Waals surface area contributed by atoms with E-state index in [1.54, 1.807) is 31.6 Å². The lowest BCUT2D eigenvalue weighted by atomic mass is 9.99. The quantitative estimate of drug-likeness (QED) is 0.878. The van der Waals surface area contributed by atoms with Crippen molar-refractivity contribution in [3.63, 3.8) is 0 Å². The zero-order chi connectivity index (χ0) is 15.9. The summed E-state index contributed by atoms with van der Waals surface area (Å²) in [5.41, 5.74) is 3.01. The Bertz CT molecular complexity index is 630. The average Bonchev–Trinajstić information content (AvgIpc) is 2.55. The molecule has 23 heavy (non-hydrogen) atoms. The van der Waals surface area contributed by atoms with Gasteiger partial charge in [-0.25, -0.2) is 0 Å². The van der Waals surface area contributed by atoms with Crippen molar-refractivity contribution in [1.82, 2.24) is 10.3 Å². The third-order valence-electron chi connectivity index (χ3n) is 3.59. The third kappa shape index (κ3) is 5.25. The molecular weight excluding hydrogens is 312 g/mol. The van der Waals surface area contributed by atoms with Crippen molar-refractivity contribution in [1.29, 1.82) is 0 Å². The highest BCUT2D eigenvalue weighted by Crippen LogP contribution is 2.24. The summed E-state index contributed by atoms with van der Waals surface area (Å²) in [7, 11) is 1.67. The molecule has 2 rings (SSSR count). The maximum Gasteiger partial charge on any atom is 0.251 e. The molecule has 1 amide bonds. The number of benzene rings is 1. The maximum absolute atomic E-state index is 12.0. The highest BCUT2D eigenvalue weighted by Gasteiger charge is 2.08. The van der Waals surface area contributed by atoms with E-state index in [-0.39, 0.29) is 18.3 Å². The van der Waals surface area contributed by atoms with Gasteiger partial charge in [-0.3, -0.25) is 9.78 Å². The number of aromatic nitrogens is 1. The minimum Gasteiger partial charge on any atom is -0.496 e. The van der Waals surface area contributed by atoms with Gasteiger partial charge in [0.15, 0.2) is 0 Å². The van der Waals surface area contributed by atoms with Gasteiger partial charge in [0.25, 0.3) is 5.91 Å². The van der Waals surface area contributed by atoms with Gasteiger partial charge in [0.05, 0.1) is 7.11 Å². The fourth-order valence-electron chi connectivity index (χ4n) is 2.27. The molecular formula is C18H23ClN2O2. The molecule has 0 aliphatic rings. The summed E-state index contributed by atoms with van der Waals surface area (Å²) in [5, 5.41) is 2.93. The molecule has 0 unspecified atom stereocenters. The number of hydrogen-bond donors (Lipinski definition) is 1. The fourth-order valence-corrected chi connectivity index (χ4v) is 2.27. The zero-order valence-electron chi connectivity index (χ0n) is 13.7. The van der Waals surface area contributed by atoms with Crippen molar-refractivity contribution < 1.29 is 9.53 Å². The van der Waals surface area contributed by atoms with Gasteiger partial charge >= 0.3 is 0 Å². The number of rotatable bonds is 6. The van der Waals surface area contributed by atoms with Crippen LogP contribution in [0, 0.1) is 0 Å². The molecule has 0 atom stereocenters. The van der Waals surface area contributed by atoms with Gasteiger partial charge in [0.2, 0.25) is 0 Å². The summed E-state index contributed by atoms with van der Waals surface area (Å²) in [6, 6.07) is 9.64. The van der Waals surface area contributed by atoms with Crippen LogP contribution in [0.15, 0.2) is 42.7 Å². The molecule has 5 heteroatoms. The van der Waals surface area contributed by atoms with Crippen LogP contribution >= 0.6 is 12.4 Å². The lowest BCUT2D eigenvalue weighted by Crippen LogP contribution is -2.25. The Kier molecular flexibility index (Phi) is 7.55. The van der Waals surface area contributed by atoms with E-state index in [9.17, 15) is 4.79 Å². The second kappa shape index (κ2) is 9.16. The minimum absolute atomic E-state index is 0. The van der Waals surface area contributed by atoms with Gasteiger partial charge in [-0.2, -0.15) is 0 Å². The molecule has 0 saturated carbocycles. The van der Waals surface area contributed by atoms with Crippen LogP contribution in [0.3, 0.4) is 0 Å². The highest BCUT2D eigenvalue weighted by molar-refractivity contribution is 5.93. The van der Waals surface area contributed by atoms with E-state index in [1.807, 2.05) is 6.07 Å². The monoisotopic (exact) mass is 334 g/mol. The van der Waals surface area contributed by atoms with E-state index in [1.165, 1.54) is 5.56 Å². The number of amides is 1. The molecule has 0 saturated heterocycles. The molecule has 0 fully saturated rings. The van der Waals surface area contributed by atoms with Crippen LogP contribution in [-0.4, -0.2) is 24.5 Å². The number of carbonyl (C=O) groups is 1. The molecule has 2 aromatic rings. The second-order valence-electron chi connectivity index (χ2n) is 5.47. The number of ether oxygens (including phenoxy) is 1. The lowest BCUT2D eigenvalue weighted by Gasteiger charge is -2.13. The Morgan fingerprint density at radius 1 is 1.22 bits per heavy atom. The topological polar surface area (TPSA) is 51.2 Å². The molecule has 0 spiro atoms. The normalized spacial score (nSPS) is 10.1. The molecule has 4 nitrogen and oxygen atoms in total. The maximum atomic E-state index is 12.0. The number of hydrogen-bond acceptors (Lipinski definition) is 3. The highest BCUT2D eigenvalue weighted by atomic mass is 35.5. The number of pyridine rings is 1. The van der Waals surface area contributed by atoms with Gasteiger partial charge in [0, 0.05) is 24.5 Å². The molecule has 0 bridgehead atoms. The van der Waals surface area contributed by atoms with Gasteiger partial charge in [-0.15, -0.1) is 12.4 Å². The van der Waals surface area contributed by atoms with E-state index in [0.29, 0.717) is 18.0 Å². The largest absolute Gasteiger partial charge is 0.496 e. The molecule has 1 heterocycles. The first-order chi connectivity index (χ1) is 10.6. The summed E-state index contributed by atoms with van der Waals surface area (Å²) in [6.07, 6.45) is 3.97. The van der Waals surface area contributed by atoms with E-state index in [0.717, 1.165) is 17.7 Å². The van der Waals surface area contributed by atoms with Gasteiger partial charge in [-0.1, -0.05) is 26.0 Å². The van der Waals surface area contributed by atoms with E-state index >= 15 is 0 Å². The summed E-state index contributed by atoms with van der Waals surface area (Å²) in [5.74, 6) is 1.25. The van der Waals surface area contributed by atoms with E-state index in [2.05, 4.69) is 36.3 Å². The third-order valence-corrected chi connectivity index (χ3v) is 3.59. The van der Waals surface area contributed by atoms with Crippen LogP contribution in [0.5, 0.6) is 5.75 Å². The Hall–Kier alpha value is -2.07. The summed E-state index contributed by atoms with van der Waals surface area (Å²) in [6.45, 7) is 4.90. The molecule has 0 aliphatic carbocycles. The number of carbonyl (C=O) groups excluding carboxylic acids is 1. The summed E-state index contributed by atoms with van der Waals surface area (Å²) < 4.78 is 5.40. The Balaban J connectivity index is 0.00000264. The van der Waals surface area contributed by atoms with Crippen LogP contribution in [0.4, 0.5) is 0 Å². The Labute approximate surface area is 143 Å². The fraction of sp³-hybridized carbons (Fsp3) is 0.333. The predicted octanol–water partition coefficient (Wildman–Crippen LogP) is 3.61. The molecule has 1 aromatic carbocycles. The van der Waals surface area contributed by atoms with Crippen molar-refractivity contribution in [3.8, 4) is 5.75 Å². The Morgan fingerprint density at radius 3 is 2.52 bits per heavy atom. The van der Waals surface area contributed by atoms with Crippen molar-refractivity contribution in [2.75, 3.05) is 13.7 Å². The van der Waals surface area contributed by atoms with Crippen LogP contribution in [-0.2, 0) is 6.42 Å². The average molecular weight is 335 g/mol. The lowest BCUT2D eigenvalue weighted by molar-refractivity contribution is 0.0954. The standard InChI is InChI=1S/C18H22N2O2.ClH/c1-13(2)15-4-5-17(22-3)16(12-15)8-11-20-18(21)14-6-9-19-10-7-14;/h4-7,9-10,12-13H,8,11H2,1-3H3,(H,20,21);1H. The predicted molar refractivity (Wildman–Crippen MR) is 94.6 cm³/mol. The number of nitrogens with zero attached hydrogens (tertiary/aromatic N) is 1. The molecule has 1 aromatic heterocycles. The summed E-state index contributed by atoms with van der Waals surface area (Å²) >= 11 is 0. The summed E-state index contributed by atoms with van der Waals surface area (Å²) in [4.78, 5) is 15.9. The zero-order valence-corrected chi connectivity index (χ0v) is 14.5. The minimum atomic E-state index is -0.0821. The number of nitrogens with one attached hydrogen (secondary N) is 1. The van der Waals surface area contributed by atoms with Crippen LogP contribution in [0.1, 0.15) is 41.3 Å². The van der Waals surface area contributed by atoms with Crippen LogP contribution < -0.4 is 10.1 Å². The van der Waals surface area contributed by atoms with Crippen molar-refractivity contribution in [2.45, 2.75) is 26.2 Å². The first kappa shape index (κ1) is 19.0.